The maximum atomic E-state index is 5.44. The van der Waals surface area contributed by atoms with Crippen molar-refractivity contribution in [2.75, 3.05) is 39.9 Å². The molecule has 1 aliphatic carbocycles. The van der Waals surface area contributed by atoms with E-state index in [4.69, 9.17) is 4.74 Å². The van der Waals surface area contributed by atoms with Crippen LogP contribution in [0.15, 0.2) is 4.99 Å². The third kappa shape index (κ3) is 6.86. The molecule has 3 fully saturated rings. The number of rotatable bonds is 5. The van der Waals surface area contributed by atoms with Crippen molar-refractivity contribution in [2.45, 2.75) is 69.9 Å². The Balaban J connectivity index is 0.00000225. The summed E-state index contributed by atoms with van der Waals surface area (Å²) in [7, 11) is 1.88. The summed E-state index contributed by atoms with van der Waals surface area (Å²) in [6, 6.07) is 1.19. The predicted molar refractivity (Wildman–Crippen MR) is 115 cm³/mol. The molecule has 2 N–H and O–H groups in total. The summed E-state index contributed by atoms with van der Waals surface area (Å²) in [6.07, 6.45) is 12.1. The summed E-state index contributed by atoms with van der Waals surface area (Å²) in [5.74, 6) is 1.91. The van der Waals surface area contributed by atoms with Gasteiger partial charge in [0.1, 0.15) is 0 Å². The molecular weight excluding hydrogens is 427 g/mol. The molecule has 2 saturated heterocycles. The summed E-state index contributed by atoms with van der Waals surface area (Å²) < 4.78 is 5.44. The Hall–Kier alpha value is -0.0800. The number of hydrogen-bond donors (Lipinski definition) is 2. The standard InChI is InChI=1S/C19H36N4O.HI/c1-20-19(22-17-9-12-24-13-10-17)21-14-18-8-5-11-23(18)15-16-6-3-2-4-7-16;/h16-18H,2-15H2,1H3,(H2,20,21,22);1H. The van der Waals surface area contributed by atoms with Gasteiger partial charge in [0.05, 0.1) is 0 Å². The van der Waals surface area contributed by atoms with Gasteiger partial charge in [-0.15, -0.1) is 24.0 Å². The number of aliphatic imine (C=N–C) groups is 1. The molecule has 3 aliphatic rings. The van der Waals surface area contributed by atoms with E-state index in [-0.39, 0.29) is 24.0 Å². The van der Waals surface area contributed by atoms with Crippen molar-refractivity contribution in [1.29, 1.82) is 0 Å². The topological polar surface area (TPSA) is 48.9 Å². The third-order valence-corrected chi connectivity index (χ3v) is 6.01. The number of guanidine groups is 1. The second-order valence-electron chi connectivity index (χ2n) is 7.78. The van der Waals surface area contributed by atoms with Crippen LogP contribution in [0.4, 0.5) is 0 Å². The van der Waals surface area contributed by atoms with Crippen molar-refractivity contribution < 1.29 is 4.74 Å². The van der Waals surface area contributed by atoms with E-state index in [0.29, 0.717) is 12.1 Å². The average molecular weight is 464 g/mol. The monoisotopic (exact) mass is 464 g/mol. The summed E-state index contributed by atoms with van der Waals surface area (Å²) in [5.41, 5.74) is 0. The van der Waals surface area contributed by atoms with E-state index in [9.17, 15) is 0 Å². The molecule has 0 spiro atoms. The number of likely N-dealkylation sites (tertiary alicyclic amines) is 1. The number of nitrogens with zero attached hydrogens (tertiary/aromatic N) is 2. The first-order chi connectivity index (χ1) is 11.8. The molecule has 0 amide bonds. The highest BCUT2D eigenvalue weighted by Gasteiger charge is 2.27. The number of ether oxygens (including phenoxy) is 1. The predicted octanol–water partition coefficient (Wildman–Crippen LogP) is 2.99. The number of halogens is 1. The molecule has 0 aromatic carbocycles. The molecule has 1 atom stereocenters. The van der Waals surface area contributed by atoms with Crippen LogP contribution >= 0.6 is 24.0 Å². The van der Waals surface area contributed by atoms with Gasteiger partial charge < -0.3 is 15.4 Å². The first-order valence-electron chi connectivity index (χ1n) is 10.1. The first kappa shape index (κ1) is 21.2. The first-order valence-corrected chi connectivity index (χ1v) is 10.1. The molecule has 0 aromatic rings. The average Bonchev–Trinajstić information content (AvgIpc) is 3.07. The minimum absolute atomic E-state index is 0. The lowest BCUT2D eigenvalue weighted by atomic mass is 9.89. The van der Waals surface area contributed by atoms with E-state index in [1.807, 2.05) is 7.05 Å². The zero-order valence-corrected chi connectivity index (χ0v) is 18.2. The molecule has 1 unspecified atom stereocenters. The molecule has 5 nitrogen and oxygen atoms in total. The van der Waals surface area contributed by atoms with Crippen LogP contribution < -0.4 is 10.6 Å². The molecule has 0 radical (unpaired) electrons. The van der Waals surface area contributed by atoms with E-state index in [1.165, 1.54) is 58.0 Å². The van der Waals surface area contributed by atoms with Crippen LogP contribution in [0.3, 0.4) is 0 Å². The van der Waals surface area contributed by atoms with Gasteiger partial charge in [-0.25, -0.2) is 0 Å². The number of hydrogen-bond acceptors (Lipinski definition) is 3. The van der Waals surface area contributed by atoms with E-state index < -0.39 is 0 Å². The van der Waals surface area contributed by atoms with E-state index in [0.717, 1.165) is 44.5 Å². The Morgan fingerprint density at radius 2 is 1.80 bits per heavy atom. The highest BCUT2D eigenvalue weighted by Crippen LogP contribution is 2.27. The molecule has 25 heavy (non-hydrogen) atoms. The van der Waals surface area contributed by atoms with Gasteiger partial charge in [0.2, 0.25) is 0 Å². The van der Waals surface area contributed by atoms with Crippen LogP contribution in [0.5, 0.6) is 0 Å². The fourth-order valence-corrected chi connectivity index (χ4v) is 4.51. The maximum Gasteiger partial charge on any atom is 0.191 e. The van der Waals surface area contributed by atoms with Crippen LogP contribution in [0.2, 0.25) is 0 Å². The Morgan fingerprint density at radius 3 is 2.52 bits per heavy atom. The summed E-state index contributed by atoms with van der Waals surface area (Å²) in [6.45, 7) is 5.36. The maximum absolute atomic E-state index is 5.44. The lowest BCUT2D eigenvalue weighted by Crippen LogP contribution is -2.49. The summed E-state index contributed by atoms with van der Waals surface area (Å²) in [5, 5.41) is 7.15. The van der Waals surface area contributed by atoms with Gasteiger partial charge in [-0.1, -0.05) is 19.3 Å². The quantitative estimate of drug-likeness (QED) is 0.373. The van der Waals surface area contributed by atoms with Gasteiger partial charge in [-0.05, 0) is 51.0 Å². The molecule has 0 bridgehead atoms. The minimum Gasteiger partial charge on any atom is -0.381 e. The van der Waals surface area contributed by atoms with E-state index in [1.54, 1.807) is 0 Å². The van der Waals surface area contributed by atoms with Gasteiger partial charge in [0.15, 0.2) is 5.96 Å². The van der Waals surface area contributed by atoms with Gasteiger partial charge in [-0.3, -0.25) is 9.89 Å². The van der Waals surface area contributed by atoms with Crippen molar-refractivity contribution >= 4 is 29.9 Å². The fraction of sp³-hybridized carbons (Fsp3) is 0.947. The van der Waals surface area contributed by atoms with E-state index >= 15 is 0 Å². The van der Waals surface area contributed by atoms with Gasteiger partial charge in [0.25, 0.3) is 0 Å². The third-order valence-electron chi connectivity index (χ3n) is 6.01. The lowest BCUT2D eigenvalue weighted by Gasteiger charge is -2.31. The molecule has 1 saturated carbocycles. The van der Waals surface area contributed by atoms with E-state index in [2.05, 4.69) is 20.5 Å². The van der Waals surface area contributed by atoms with Gasteiger partial charge >= 0.3 is 0 Å². The zero-order chi connectivity index (χ0) is 16.6. The lowest BCUT2D eigenvalue weighted by molar-refractivity contribution is 0.0822. The fourth-order valence-electron chi connectivity index (χ4n) is 4.51. The van der Waals surface area contributed by atoms with Crippen LogP contribution in [0.25, 0.3) is 0 Å². The Morgan fingerprint density at radius 1 is 1.04 bits per heavy atom. The van der Waals surface area contributed by atoms with Crippen molar-refractivity contribution in [3.05, 3.63) is 0 Å². The summed E-state index contributed by atoms with van der Waals surface area (Å²) >= 11 is 0. The smallest absolute Gasteiger partial charge is 0.191 e. The zero-order valence-electron chi connectivity index (χ0n) is 15.8. The second-order valence-corrected chi connectivity index (χ2v) is 7.78. The Bertz CT molecular complexity index is 395. The molecule has 6 heteroatoms. The van der Waals surface area contributed by atoms with Gasteiger partial charge in [-0.2, -0.15) is 0 Å². The number of nitrogens with one attached hydrogen (secondary N) is 2. The van der Waals surface area contributed by atoms with Crippen LogP contribution in [-0.2, 0) is 4.74 Å². The molecule has 3 rings (SSSR count). The van der Waals surface area contributed by atoms with Crippen LogP contribution in [-0.4, -0.2) is 62.8 Å². The largest absolute Gasteiger partial charge is 0.381 e. The van der Waals surface area contributed by atoms with Crippen molar-refractivity contribution in [3.8, 4) is 0 Å². The van der Waals surface area contributed by atoms with Crippen molar-refractivity contribution in [3.63, 3.8) is 0 Å². The Kier molecular flexibility index (Phi) is 9.84. The highest BCUT2D eigenvalue weighted by molar-refractivity contribution is 14.0. The normalized spacial score (nSPS) is 27.1. The van der Waals surface area contributed by atoms with Crippen molar-refractivity contribution in [2.24, 2.45) is 10.9 Å². The molecular formula is C19H37IN4O. The summed E-state index contributed by atoms with van der Waals surface area (Å²) in [4.78, 5) is 7.16. The van der Waals surface area contributed by atoms with Crippen LogP contribution in [0, 0.1) is 5.92 Å². The molecule has 0 aromatic heterocycles. The minimum atomic E-state index is 0. The molecule has 2 heterocycles. The van der Waals surface area contributed by atoms with Crippen molar-refractivity contribution in [1.82, 2.24) is 15.5 Å². The molecule has 146 valence electrons. The molecule has 2 aliphatic heterocycles. The highest BCUT2D eigenvalue weighted by atomic mass is 127. The van der Waals surface area contributed by atoms with Gasteiger partial charge in [0, 0.05) is 45.4 Å². The Labute approximate surface area is 170 Å². The van der Waals surface area contributed by atoms with Crippen LogP contribution in [0.1, 0.15) is 57.8 Å². The SMILES string of the molecule is CN=C(NCC1CCCN1CC1CCCCC1)NC1CCOCC1.I. The second kappa shape index (κ2) is 11.6.